The van der Waals surface area contributed by atoms with Gasteiger partial charge >= 0.3 is 5.97 Å². The van der Waals surface area contributed by atoms with Gasteiger partial charge in [0, 0.05) is 83.4 Å². The van der Waals surface area contributed by atoms with Crippen LogP contribution < -0.4 is 9.13 Å². The van der Waals surface area contributed by atoms with Crippen LogP contribution in [0.1, 0.15) is 73.6 Å². The van der Waals surface area contributed by atoms with Crippen molar-refractivity contribution >= 4 is 72.3 Å². The Morgan fingerprint density at radius 1 is 0.585 bits per heavy atom. The van der Waals surface area contributed by atoms with Gasteiger partial charge < -0.3 is 18.8 Å². The van der Waals surface area contributed by atoms with E-state index in [9.17, 15) is 30.7 Å². The van der Waals surface area contributed by atoms with Gasteiger partial charge in [0.1, 0.15) is 13.1 Å². The molecule has 2 aromatic carbocycles. The van der Waals surface area contributed by atoms with Crippen LogP contribution in [0.4, 0.5) is 0 Å². The van der Waals surface area contributed by atoms with Gasteiger partial charge in [-0.3, -0.25) is 4.79 Å². The van der Waals surface area contributed by atoms with Crippen molar-refractivity contribution in [2.24, 2.45) is 0 Å². The number of benzene rings is 2. The average molecular weight is 760 g/mol. The van der Waals surface area contributed by atoms with Crippen LogP contribution in [0.25, 0.3) is 46.1 Å². The first-order chi connectivity index (χ1) is 25.3. The molecule has 53 heavy (non-hydrogen) atoms. The predicted octanol–water partition coefficient (Wildman–Crippen LogP) is 6.01. The molecule has 280 valence electrons. The fourth-order valence-corrected chi connectivity index (χ4v) is 7.42. The molecule has 0 unspecified atom stereocenters. The molecule has 0 bridgehead atoms. The minimum absolute atomic E-state index is 0.172. The molecule has 0 spiro atoms. The number of aryl methyl sites for hydroxylation is 3. The van der Waals surface area contributed by atoms with Crippen LogP contribution in [0, 0.1) is 0 Å². The van der Waals surface area contributed by atoms with Crippen molar-refractivity contribution < 1.29 is 45.0 Å². The summed E-state index contributed by atoms with van der Waals surface area (Å²) in [6.45, 7) is 2.03. The molecule has 1 N–H and O–H groups in total. The molecule has 0 aliphatic rings. The highest BCUT2D eigenvalue weighted by atomic mass is 32.2. The van der Waals surface area contributed by atoms with E-state index in [0.29, 0.717) is 45.2 Å². The summed E-state index contributed by atoms with van der Waals surface area (Å²) in [6.07, 6.45) is 20.4. The number of aromatic nitrogens is 3. The zero-order chi connectivity index (χ0) is 37.8. The Balaban J connectivity index is 1.33. The van der Waals surface area contributed by atoms with Gasteiger partial charge in [-0.05, 0) is 72.2 Å². The number of unbranched alkanes of at least 4 members (excludes halogenated alkanes) is 4. The molecule has 0 amide bonds. The first kappa shape index (κ1) is 39.5. The number of carboxylic acid groups (broad SMARTS) is 1. The SMILES string of the molecule is O=C(O)CCCCCn1c2ccc(/C=C/c3cc[n+](CCCCS(=O)(=O)[O-])cc3)cc2c2cc(/C=C/c3cc[n+](CCCCS(=O)(=O)[O-])cc3)ccc21. The fraction of sp³-hybridized carbons (Fsp3) is 0.325. The highest BCUT2D eigenvalue weighted by Gasteiger charge is 2.12. The zero-order valence-electron chi connectivity index (χ0n) is 29.5. The molecule has 0 aliphatic carbocycles. The van der Waals surface area contributed by atoms with E-state index in [0.717, 1.165) is 63.4 Å². The molecule has 0 saturated heterocycles. The lowest BCUT2D eigenvalue weighted by Gasteiger charge is -2.08. The number of fused-ring (bicyclic) bond motifs is 3. The molecule has 0 aliphatic heterocycles. The van der Waals surface area contributed by atoms with Crippen LogP contribution in [0.3, 0.4) is 0 Å². The summed E-state index contributed by atoms with van der Waals surface area (Å²) < 4.78 is 71.3. The maximum Gasteiger partial charge on any atom is 0.303 e. The first-order valence-electron chi connectivity index (χ1n) is 17.8. The Morgan fingerprint density at radius 2 is 1.02 bits per heavy atom. The standard InChI is InChI=1S/C40H45N3O8S2/c44-40(45)8-2-1-3-23-43-38-15-13-34(11-9-32-17-24-41(25-18-32)21-4-6-28-52(46,47)48)30-36(38)37-31-35(14-16-39(37)43)12-10-33-19-26-42(27-20-33)22-5-7-29-53(49,50)51/h9-20,24-27,30-31H,1-8,21-23,28-29H2,(H-2,44,45,46,47,48,49,50,51). The van der Waals surface area contributed by atoms with Crippen molar-refractivity contribution in [1.82, 2.24) is 4.57 Å². The molecule has 0 radical (unpaired) electrons. The Morgan fingerprint density at radius 3 is 1.43 bits per heavy atom. The summed E-state index contributed by atoms with van der Waals surface area (Å²) in [5, 5.41) is 11.3. The molecule has 11 nitrogen and oxygen atoms in total. The lowest BCUT2D eigenvalue weighted by atomic mass is 10.1. The summed E-state index contributed by atoms with van der Waals surface area (Å²) >= 11 is 0. The number of pyridine rings is 2. The van der Waals surface area contributed by atoms with Crippen molar-refractivity contribution in [2.45, 2.75) is 71.0 Å². The monoisotopic (exact) mass is 759 g/mol. The molecule has 5 rings (SSSR count). The van der Waals surface area contributed by atoms with Crippen LogP contribution in [0.15, 0.2) is 85.5 Å². The Hall–Kier alpha value is -4.69. The second-order valence-corrected chi connectivity index (χ2v) is 16.3. The highest BCUT2D eigenvalue weighted by Crippen LogP contribution is 2.32. The van der Waals surface area contributed by atoms with Crippen LogP contribution in [-0.2, 0) is 44.7 Å². The number of aliphatic carboxylic acids is 1. The van der Waals surface area contributed by atoms with Crippen molar-refractivity contribution in [3.63, 3.8) is 0 Å². The van der Waals surface area contributed by atoms with Crippen molar-refractivity contribution in [2.75, 3.05) is 11.5 Å². The number of carboxylic acids is 1. The van der Waals surface area contributed by atoms with Crippen LogP contribution >= 0.6 is 0 Å². The van der Waals surface area contributed by atoms with Gasteiger partial charge in [0.15, 0.2) is 24.8 Å². The summed E-state index contributed by atoms with van der Waals surface area (Å²) in [4.78, 5) is 11.0. The van der Waals surface area contributed by atoms with E-state index >= 15 is 0 Å². The molecular formula is C40H45N3O8S2. The maximum absolute atomic E-state index is 11.0. The smallest absolute Gasteiger partial charge is 0.303 e. The molecule has 3 aromatic heterocycles. The summed E-state index contributed by atoms with van der Waals surface area (Å²) in [6, 6.07) is 20.8. The zero-order valence-corrected chi connectivity index (χ0v) is 31.2. The molecule has 5 aromatic rings. The van der Waals surface area contributed by atoms with Gasteiger partial charge in [-0.25, -0.2) is 26.0 Å². The number of rotatable bonds is 20. The van der Waals surface area contributed by atoms with Gasteiger partial charge in [0.25, 0.3) is 0 Å². The third-order valence-electron chi connectivity index (χ3n) is 9.08. The highest BCUT2D eigenvalue weighted by molar-refractivity contribution is 7.85. The van der Waals surface area contributed by atoms with Crippen LogP contribution in [-0.4, -0.2) is 53.1 Å². The average Bonchev–Trinajstić information content (AvgIpc) is 3.42. The molecule has 0 atom stereocenters. The lowest BCUT2D eigenvalue weighted by Crippen LogP contribution is -2.32. The van der Waals surface area contributed by atoms with Gasteiger partial charge in [-0.1, -0.05) is 42.9 Å². The first-order valence-corrected chi connectivity index (χ1v) is 21.0. The number of hydrogen-bond acceptors (Lipinski definition) is 7. The largest absolute Gasteiger partial charge is 0.748 e. The second kappa shape index (κ2) is 18.4. The summed E-state index contributed by atoms with van der Waals surface area (Å²) in [5.74, 6) is -1.46. The third-order valence-corrected chi connectivity index (χ3v) is 10.7. The lowest BCUT2D eigenvalue weighted by molar-refractivity contribution is -0.697. The Bertz CT molecular complexity index is 2150. The van der Waals surface area contributed by atoms with Crippen molar-refractivity contribution in [3.05, 3.63) is 108 Å². The van der Waals surface area contributed by atoms with Gasteiger partial charge in [0.05, 0.1) is 20.2 Å². The van der Waals surface area contributed by atoms with E-state index in [2.05, 4.69) is 53.1 Å². The molecule has 0 fully saturated rings. The van der Waals surface area contributed by atoms with Crippen molar-refractivity contribution in [3.8, 4) is 0 Å². The van der Waals surface area contributed by atoms with E-state index in [1.54, 1.807) is 0 Å². The normalized spacial score (nSPS) is 12.5. The quantitative estimate of drug-likeness (QED) is 0.0573. The maximum atomic E-state index is 11.0. The third kappa shape index (κ3) is 12.7. The number of nitrogens with zero attached hydrogens (tertiary/aromatic N) is 3. The number of hydrogen-bond donors (Lipinski definition) is 1. The summed E-state index contributed by atoms with van der Waals surface area (Å²) in [7, 11) is -8.37. The van der Waals surface area contributed by atoms with Crippen LogP contribution in [0.2, 0.25) is 0 Å². The van der Waals surface area contributed by atoms with Gasteiger partial charge in [0.2, 0.25) is 0 Å². The fourth-order valence-electron chi connectivity index (χ4n) is 6.30. The molecule has 13 heteroatoms. The molecular weight excluding hydrogens is 715 g/mol. The topological polar surface area (TPSA) is 164 Å². The van der Waals surface area contributed by atoms with Gasteiger partial charge in [-0.15, -0.1) is 0 Å². The predicted molar refractivity (Wildman–Crippen MR) is 204 cm³/mol. The minimum atomic E-state index is -4.18. The van der Waals surface area contributed by atoms with Gasteiger partial charge in [-0.2, -0.15) is 0 Å². The number of carbonyl (C=O) groups is 1. The van der Waals surface area contributed by atoms with Crippen LogP contribution in [0.5, 0.6) is 0 Å². The summed E-state index contributed by atoms with van der Waals surface area (Å²) in [5.41, 5.74) is 6.34. The molecule has 3 heterocycles. The van der Waals surface area contributed by atoms with E-state index in [-0.39, 0.29) is 17.9 Å². The van der Waals surface area contributed by atoms with E-state index in [1.807, 2.05) is 70.3 Å². The van der Waals surface area contributed by atoms with E-state index in [4.69, 9.17) is 5.11 Å². The minimum Gasteiger partial charge on any atom is -0.748 e. The Labute approximate surface area is 311 Å². The Kier molecular flexibility index (Phi) is 13.7. The van der Waals surface area contributed by atoms with E-state index in [1.165, 1.54) is 0 Å². The van der Waals surface area contributed by atoms with E-state index < -0.39 is 26.2 Å². The van der Waals surface area contributed by atoms with Crippen molar-refractivity contribution in [1.29, 1.82) is 0 Å². The second-order valence-electron chi connectivity index (χ2n) is 13.3. The molecule has 0 saturated carbocycles.